The van der Waals surface area contributed by atoms with Crippen molar-refractivity contribution in [3.05, 3.63) is 17.6 Å². The number of hydrogen-bond donors (Lipinski definition) is 0. The van der Waals surface area contributed by atoms with E-state index in [0.717, 1.165) is 62.0 Å². The van der Waals surface area contributed by atoms with Crippen molar-refractivity contribution in [2.75, 3.05) is 13.7 Å². The fraction of sp³-hybridized carbons (Fsp3) is 0.700. The maximum Gasteiger partial charge on any atom is 0.182 e. The largest absolute Gasteiger partial charge is 0.493 e. The Morgan fingerprint density at radius 2 is 2.03 bits per heavy atom. The minimum absolute atomic E-state index is 0.161. The summed E-state index contributed by atoms with van der Waals surface area (Å²) in [4.78, 5) is 9.34. The highest BCUT2D eigenvalue weighted by Gasteiger charge is 2.30. The van der Waals surface area contributed by atoms with Crippen molar-refractivity contribution in [2.24, 2.45) is 0 Å². The fourth-order valence-electron chi connectivity index (χ4n) is 3.54. The standard InChI is InChI=1S/C20H31N5O3Si/c1-26-16-11-21-20(22-18(16)14-8-9-14)19-15(12-28-17-7-5-6-10-27-17)25(24-23-19)13-29(2,3)4/h11,14,17H,5-10,12-13H2,1-4H3. The van der Waals surface area contributed by atoms with E-state index in [9.17, 15) is 0 Å². The third kappa shape index (κ3) is 5.02. The Morgan fingerprint density at radius 1 is 1.21 bits per heavy atom. The van der Waals surface area contributed by atoms with E-state index >= 15 is 0 Å². The van der Waals surface area contributed by atoms with Gasteiger partial charge >= 0.3 is 0 Å². The first-order chi connectivity index (χ1) is 13.9. The van der Waals surface area contributed by atoms with E-state index in [0.29, 0.717) is 24.0 Å². The Labute approximate surface area is 173 Å². The summed E-state index contributed by atoms with van der Waals surface area (Å²) in [6.07, 6.45) is 7.91. The molecule has 1 saturated heterocycles. The molecule has 0 spiro atoms. The van der Waals surface area contributed by atoms with E-state index in [-0.39, 0.29) is 6.29 Å². The van der Waals surface area contributed by atoms with E-state index in [1.165, 1.54) is 0 Å². The van der Waals surface area contributed by atoms with Gasteiger partial charge < -0.3 is 14.2 Å². The Hall–Kier alpha value is -1.84. The van der Waals surface area contributed by atoms with Gasteiger partial charge in [0, 0.05) is 18.7 Å². The number of methoxy groups -OCH3 is 1. The highest BCUT2D eigenvalue weighted by atomic mass is 28.3. The van der Waals surface area contributed by atoms with Gasteiger partial charge in [-0.2, -0.15) is 0 Å². The van der Waals surface area contributed by atoms with Crippen molar-refractivity contribution in [2.45, 2.75) is 76.7 Å². The fourth-order valence-corrected chi connectivity index (χ4v) is 4.70. The summed E-state index contributed by atoms with van der Waals surface area (Å²) >= 11 is 0. The maximum absolute atomic E-state index is 6.09. The molecule has 1 unspecified atom stereocenters. The highest BCUT2D eigenvalue weighted by molar-refractivity contribution is 6.74. The lowest BCUT2D eigenvalue weighted by Gasteiger charge is -2.23. The lowest BCUT2D eigenvalue weighted by atomic mass is 10.2. The molecule has 1 saturated carbocycles. The van der Waals surface area contributed by atoms with Crippen LogP contribution in [0.5, 0.6) is 5.75 Å². The van der Waals surface area contributed by atoms with Crippen LogP contribution in [0.1, 0.15) is 49.4 Å². The molecule has 3 heterocycles. The van der Waals surface area contributed by atoms with E-state index in [1.807, 2.05) is 4.68 Å². The first-order valence-electron chi connectivity index (χ1n) is 10.5. The Bertz CT molecular complexity index is 841. The van der Waals surface area contributed by atoms with Crippen molar-refractivity contribution in [1.29, 1.82) is 0 Å². The summed E-state index contributed by atoms with van der Waals surface area (Å²) < 4.78 is 19.3. The van der Waals surface area contributed by atoms with Crippen molar-refractivity contribution in [3.63, 3.8) is 0 Å². The summed E-state index contributed by atoms with van der Waals surface area (Å²) in [5.74, 6) is 1.80. The molecule has 1 aliphatic carbocycles. The third-order valence-electron chi connectivity index (χ3n) is 5.18. The second kappa shape index (κ2) is 8.49. The molecule has 4 rings (SSSR count). The maximum atomic E-state index is 6.09. The summed E-state index contributed by atoms with van der Waals surface area (Å²) in [6, 6.07) is 0. The second-order valence-electron chi connectivity index (χ2n) is 9.13. The minimum atomic E-state index is -1.41. The van der Waals surface area contributed by atoms with Crippen LogP contribution in [0.4, 0.5) is 0 Å². The minimum Gasteiger partial charge on any atom is -0.493 e. The molecule has 1 atom stereocenters. The van der Waals surface area contributed by atoms with Crippen LogP contribution in [0.2, 0.25) is 19.6 Å². The van der Waals surface area contributed by atoms with Gasteiger partial charge in [0.2, 0.25) is 0 Å². The van der Waals surface area contributed by atoms with Crippen LogP contribution in [-0.2, 0) is 22.2 Å². The van der Waals surface area contributed by atoms with Gasteiger partial charge in [-0.15, -0.1) is 5.10 Å². The summed E-state index contributed by atoms with van der Waals surface area (Å²) in [7, 11) is 0.258. The average Bonchev–Trinajstić information content (AvgIpc) is 3.48. The van der Waals surface area contributed by atoms with Gasteiger partial charge in [-0.05, 0) is 32.1 Å². The molecule has 29 heavy (non-hydrogen) atoms. The Balaban J connectivity index is 1.64. The molecule has 0 amide bonds. The molecule has 0 bridgehead atoms. The molecule has 0 radical (unpaired) electrons. The molecule has 0 N–H and O–H groups in total. The van der Waals surface area contributed by atoms with Crippen LogP contribution in [-0.4, -0.2) is 53.0 Å². The number of nitrogens with zero attached hydrogens (tertiary/aromatic N) is 5. The summed E-state index contributed by atoms with van der Waals surface area (Å²) in [5, 5.41) is 8.90. The normalized spacial score (nSPS) is 20.1. The van der Waals surface area contributed by atoms with E-state index in [1.54, 1.807) is 13.3 Å². The summed E-state index contributed by atoms with van der Waals surface area (Å²) in [5.41, 5.74) is 2.59. The molecule has 2 aliphatic rings. The van der Waals surface area contributed by atoms with E-state index in [2.05, 4.69) is 34.9 Å². The van der Waals surface area contributed by atoms with Crippen LogP contribution in [0, 0.1) is 0 Å². The monoisotopic (exact) mass is 417 g/mol. The van der Waals surface area contributed by atoms with E-state index < -0.39 is 8.07 Å². The zero-order chi connectivity index (χ0) is 20.4. The quantitative estimate of drug-likeness (QED) is 0.607. The zero-order valence-electron chi connectivity index (χ0n) is 17.8. The first kappa shape index (κ1) is 20.4. The SMILES string of the molecule is COc1cnc(-c2nnn(C[Si](C)(C)C)c2COC2CCCCO2)nc1C1CC1. The van der Waals surface area contributed by atoms with Gasteiger partial charge in [0.05, 0.1) is 39.4 Å². The molecule has 2 aromatic heterocycles. The lowest BCUT2D eigenvalue weighted by Crippen LogP contribution is -2.30. The summed E-state index contributed by atoms with van der Waals surface area (Å²) in [6.45, 7) is 8.11. The molecule has 9 heteroatoms. The number of ether oxygens (including phenoxy) is 3. The number of aromatic nitrogens is 5. The van der Waals surface area contributed by atoms with Gasteiger partial charge in [-0.1, -0.05) is 24.9 Å². The van der Waals surface area contributed by atoms with Crippen molar-refractivity contribution >= 4 is 8.07 Å². The van der Waals surface area contributed by atoms with E-state index in [4.69, 9.17) is 19.2 Å². The van der Waals surface area contributed by atoms with Gasteiger partial charge in [-0.25, -0.2) is 14.6 Å². The van der Waals surface area contributed by atoms with Crippen LogP contribution >= 0.6 is 0 Å². The molecule has 2 fully saturated rings. The predicted octanol–water partition coefficient (Wildman–Crippen LogP) is 3.54. The van der Waals surface area contributed by atoms with Gasteiger partial charge in [-0.3, -0.25) is 0 Å². The molecular formula is C20H31N5O3Si. The number of hydrogen-bond acceptors (Lipinski definition) is 7. The average molecular weight is 418 g/mol. The van der Waals surface area contributed by atoms with Crippen LogP contribution in [0.3, 0.4) is 0 Å². The molecule has 158 valence electrons. The van der Waals surface area contributed by atoms with Gasteiger partial charge in [0.1, 0.15) is 0 Å². The van der Waals surface area contributed by atoms with Crippen molar-refractivity contribution in [3.8, 4) is 17.3 Å². The predicted molar refractivity (Wildman–Crippen MR) is 111 cm³/mol. The Morgan fingerprint density at radius 3 is 2.69 bits per heavy atom. The third-order valence-corrected chi connectivity index (χ3v) is 6.43. The number of rotatable bonds is 8. The molecule has 8 nitrogen and oxygen atoms in total. The van der Waals surface area contributed by atoms with Crippen molar-refractivity contribution in [1.82, 2.24) is 25.0 Å². The topological polar surface area (TPSA) is 84.2 Å². The highest BCUT2D eigenvalue weighted by Crippen LogP contribution is 2.43. The lowest BCUT2D eigenvalue weighted by molar-refractivity contribution is -0.169. The zero-order valence-corrected chi connectivity index (χ0v) is 18.8. The first-order valence-corrected chi connectivity index (χ1v) is 14.2. The molecule has 0 aromatic carbocycles. The van der Waals surface area contributed by atoms with Crippen LogP contribution < -0.4 is 4.74 Å². The molecule has 1 aliphatic heterocycles. The van der Waals surface area contributed by atoms with Crippen LogP contribution in [0.25, 0.3) is 11.5 Å². The van der Waals surface area contributed by atoms with Gasteiger partial charge in [0.25, 0.3) is 0 Å². The smallest absolute Gasteiger partial charge is 0.182 e. The van der Waals surface area contributed by atoms with Crippen molar-refractivity contribution < 1.29 is 14.2 Å². The van der Waals surface area contributed by atoms with Gasteiger partial charge in [0.15, 0.2) is 23.6 Å². The van der Waals surface area contributed by atoms with Crippen LogP contribution in [0.15, 0.2) is 6.20 Å². The molecule has 2 aromatic rings. The molecular weight excluding hydrogens is 386 g/mol. The second-order valence-corrected chi connectivity index (χ2v) is 14.6. The Kier molecular flexibility index (Phi) is 5.98.